The van der Waals surface area contributed by atoms with Gasteiger partial charge in [-0.3, -0.25) is 0 Å². The minimum absolute atomic E-state index is 0.0345. The first-order valence-corrected chi connectivity index (χ1v) is 5.69. The predicted octanol–water partition coefficient (Wildman–Crippen LogP) is 2.17. The van der Waals surface area contributed by atoms with Crippen molar-refractivity contribution in [1.29, 1.82) is 0 Å². The highest BCUT2D eigenvalue weighted by molar-refractivity contribution is 5.70. The van der Waals surface area contributed by atoms with Gasteiger partial charge in [0.15, 0.2) is 6.61 Å². The Balaban J connectivity index is 2.15. The molecule has 2 aliphatic rings. The second-order valence-electron chi connectivity index (χ2n) is 5.73. The Hall–Kier alpha value is -0.570. The quantitative estimate of drug-likeness (QED) is 0.657. The van der Waals surface area contributed by atoms with Crippen LogP contribution in [0.25, 0.3) is 0 Å². The van der Waals surface area contributed by atoms with Gasteiger partial charge in [0.05, 0.1) is 0 Å². The second-order valence-corrected chi connectivity index (χ2v) is 5.73. The SMILES string of the molecule is CC1(C)C2CCC1(C)C(OC(=O)C[O])C2. The first-order chi connectivity index (χ1) is 6.91. The minimum Gasteiger partial charge on any atom is -0.460 e. The Morgan fingerprint density at radius 3 is 2.47 bits per heavy atom. The van der Waals surface area contributed by atoms with Gasteiger partial charge < -0.3 is 4.74 Å². The van der Waals surface area contributed by atoms with Crippen molar-refractivity contribution in [3.8, 4) is 0 Å². The van der Waals surface area contributed by atoms with Gasteiger partial charge in [0, 0.05) is 5.41 Å². The van der Waals surface area contributed by atoms with Gasteiger partial charge >= 0.3 is 5.97 Å². The molecule has 0 N–H and O–H groups in total. The summed E-state index contributed by atoms with van der Waals surface area (Å²) in [6.07, 6.45) is 3.25. The van der Waals surface area contributed by atoms with E-state index >= 15 is 0 Å². The van der Waals surface area contributed by atoms with Crippen LogP contribution in [0.2, 0.25) is 0 Å². The lowest BCUT2D eigenvalue weighted by atomic mass is 9.70. The van der Waals surface area contributed by atoms with Crippen LogP contribution < -0.4 is 0 Å². The van der Waals surface area contributed by atoms with Crippen molar-refractivity contribution in [1.82, 2.24) is 0 Å². The van der Waals surface area contributed by atoms with Crippen LogP contribution >= 0.6 is 0 Å². The number of hydrogen-bond donors (Lipinski definition) is 0. The fourth-order valence-electron chi connectivity index (χ4n) is 3.50. The Labute approximate surface area is 90.8 Å². The molecule has 0 aliphatic heterocycles. The van der Waals surface area contributed by atoms with Crippen LogP contribution in [0.15, 0.2) is 0 Å². The zero-order valence-corrected chi connectivity index (χ0v) is 9.71. The first kappa shape index (κ1) is 10.9. The molecule has 2 fully saturated rings. The summed E-state index contributed by atoms with van der Waals surface area (Å²) in [5.74, 6) is 0.0523. The Morgan fingerprint density at radius 1 is 1.40 bits per heavy atom. The van der Waals surface area contributed by atoms with E-state index < -0.39 is 12.6 Å². The van der Waals surface area contributed by atoms with Gasteiger partial charge in [-0.05, 0) is 30.6 Å². The van der Waals surface area contributed by atoms with E-state index in [1.165, 1.54) is 6.42 Å². The molecule has 0 aromatic heterocycles. The summed E-state index contributed by atoms with van der Waals surface area (Å²) in [5.41, 5.74) is 0.309. The van der Waals surface area contributed by atoms with Crippen molar-refractivity contribution in [2.45, 2.75) is 46.1 Å². The van der Waals surface area contributed by atoms with Gasteiger partial charge in [-0.1, -0.05) is 20.8 Å². The third-order valence-electron chi connectivity index (χ3n) is 5.11. The molecule has 3 nitrogen and oxygen atoms in total. The summed E-state index contributed by atoms with van der Waals surface area (Å²) in [6, 6.07) is 0. The Bertz CT molecular complexity index is 285. The van der Waals surface area contributed by atoms with Crippen LogP contribution in [0.1, 0.15) is 40.0 Å². The van der Waals surface area contributed by atoms with Gasteiger partial charge in [0.25, 0.3) is 0 Å². The van der Waals surface area contributed by atoms with E-state index in [-0.39, 0.29) is 16.9 Å². The standard InChI is InChI=1S/C12H19O3/c1-11(2)8-4-5-12(11,3)9(6-8)15-10(14)7-13/h8-9H,4-7H2,1-3H3. The summed E-state index contributed by atoms with van der Waals surface area (Å²) < 4.78 is 5.28. The zero-order valence-electron chi connectivity index (χ0n) is 9.71. The van der Waals surface area contributed by atoms with Crippen molar-refractivity contribution in [3.05, 3.63) is 0 Å². The maximum atomic E-state index is 11.1. The molecule has 15 heavy (non-hydrogen) atoms. The molecule has 3 atom stereocenters. The van der Waals surface area contributed by atoms with Crippen LogP contribution in [-0.4, -0.2) is 18.7 Å². The van der Waals surface area contributed by atoms with Crippen LogP contribution in [0.4, 0.5) is 0 Å². The monoisotopic (exact) mass is 211 g/mol. The molecule has 1 radical (unpaired) electrons. The summed E-state index contributed by atoms with van der Waals surface area (Å²) in [6.45, 7) is 5.96. The molecule has 0 spiro atoms. The van der Waals surface area contributed by atoms with E-state index in [9.17, 15) is 9.90 Å². The topological polar surface area (TPSA) is 46.2 Å². The number of esters is 1. The number of hydrogen-bond acceptors (Lipinski definition) is 2. The van der Waals surface area contributed by atoms with Crippen LogP contribution in [0, 0.1) is 16.7 Å². The highest BCUT2D eigenvalue weighted by atomic mass is 16.6. The number of carbonyl (C=O) groups is 1. The Kier molecular flexibility index (Phi) is 2.34. The van der Waals surface area contributed by atoms with Gasteiger partial charge in [-0.2, -0.15) is 0 Å². The molecular weight excluding hydrogens is 192 g/mol. The van der Waals surface area contributed by atoms with Crippen molar-refractivity contribution in [2.75, 3.05) is 6.61 Å². The maximum absolute atomic E-state index is 11.1. The third kappa shape index (κ3) is 1.32. The molecule has 85 valence electrons. The number of fused-ring (bicyclic) bond motifs is 2. The molecule has 0 aromatic rings. The number of ether oxygens (including phenoxy) is 1. The molecule has 3 heteroatoms. The lowest BCUT2D eigenvalue weighted by molar-refractivity contribution is -0.162. The average molecular weight is 211 g/mol. The molecule has 0 saturated heterocycles. The summed E-state index contributed by atoms with van der Waals surface area (Å²) in [4.78, 5) is 11.1. The molecule has 2 aliphatic carbocycles. The minimum atomic E-state index is -0.752. The third-order valence-corrected chi connectivity index (χ3v) is 5.11. The molecule has 0 heterocycles. The van der Waals surface area contributed by atoms with Crippen LogP contribution in [0.5, 0.6) is 0 Å². The fourth-order valence-corrected chi connectivity index (χ4v) is 3.50. The molecule has 2 rings (SSSR count). The Morgan fingerprint density at radius 2 is 2.07 bits per heavy atom. The summed E-state index contributed by atoms with van der Waals surface area (Å²) >= 11 is 0. The average Bonchev–Trinajstić information content (AvgIpc) is 2.50. The molecule has 3 unspecified atom stereocenters. The van der Waals surface area contributed by atoms with E-state index in [0.717, 1.165) is 12.8 Å². The number of carbonyl (C=O) groups excluding carboxylic acids is 1. The van der Waals surface area contributed by atoms with E-state index in [1.807, 2.05) is 0 Å². The predicted molar refractivity (Wildman–Crippen MR) is 54.7 cm³/mol. The molecule has 2 bridgehead atoms. The van der Waals surface area contributed by atoms with E-state index in [4.69, 9.17) is 4.74 Å². The zero-order chi connectivity index (χ0) is 11.3. The smallest absolute Gasteiger partial charge is 0.335 e. The van der Waals surface area contributed by atoms with Gasteiger partial charge in [-0.25, -0.2) is 9.90 Å². The highest BCUT2D eigenvalue weighted by Gasteiger charge is 2.62. The highest BCUT2D eigenvalue weighted by Crippen LogP contribution is 2.66. The molecule has 0 aromatic carbocycles. The summed E-state index contributed by atoms with van der Waals surface area (Å²) in [5, 5.41) is 10.4. The lowest BCUT2D eigenvalue weighted by Gasteiger charge is -2.38. The summed E-state index contributed by atoms with van der Waals surface area (Å²) in [7, 11) is 0. The maximum Gasteiger partial charge on any atom is 0.335 e. The number of rotatable bonds is 2. The van der Waals surface area contributed by atoms with E-state index in [1.54, 1.807) is 0 Å². The second kappa shape index (κ2) is 3.21. The van der Waals surface area contributed by atoms with Crippen LogP contribution in [-0.2, 0) is 14.6 Å². The van der Waals surface area contributed by atoms with Gasteiger partial charge in [-0.15, -0.1) is 0 Å². The first-order valence-electron chi connectivity index (χ1n) is 5.69. The van der Waals surface area contributed by atoms with Crippen LogP contribution in [0.3, 0.4) is 0 Å². The lowest BCUT2D eigenvalue weighted by Crippen LogP contribution is -2.38. The van der Waals surface area contributed by atoms with Gasteiger partial charge in [0.2, 0.25) is 0 Å². The van der Waals surface area contributed by atoms with E-state index in [2.05, 4.69) is 20.8 Å². The fraction of sp³-hybridized carbons (Fsp3) is 0.917. The molecule has 0 amide bonds. The largest absolute Gasteiger partial charge is 0.460 e. The normalized spacial score (nSPS) is 41.9. The molecule has 2 saturated carbocycles. The van der Waals surface area contributed by atoms with Crippen molar-refractivity contribution in [3.63, 3.8) is 0 Å². The van der Waals surface area contributed by atoms with Crippen molar-refractivity contribution < 1.29 is 14.6 Å². The molecular formula is C12H19O3. The van der Waals surface area contributed by atoms with Crippen molar-refractivity contribution in [2.24, 2.45) is 16.7 Å². The van der Waals surface area contributed by atoms with E-state index in [0.29, 0.717) is 5.92 Å². The van der Waals surface area contributed by atoms with Crippen molar-refractivity contribution >= 4 is 5.97 Å². The van der Waals surface area contributed by atoms with Gasteiger partial charge in [0.1, 0.15) is 6.10 Å².